The molecule has 0 spiro atoms. The molecule has 0 bridgehead atoms. The molecule has 0 radical (unpaired) electrons. The normalized spacial score (nSPS) is 22.9. The van der Waals surface area contributed by atoms with Gasteiger partial charge in [-0.15, -0.1) is 0 Å². The molecule has 1 aliphatic heterocycles. The van der Waals surface area contributed by atoms with Gasteiger partial charge in [0.1, 0.15) is 5.75 Å². The molecule has 1 atom stereocenters. The van der Waals surface area contributed by atoms with Crippen LogP contribution in [-0.2, 0) is 4.79 Å². The minimum Gasteiger partial charge on any atom is -0.495 e. The van der Waals surface area contributed by atoms with Gasteiger partial charge in [0.2, 0.25) is 5.91 Å². The van der Waals surface area contributed by atoms with E-state index in [1.54, 1.807) is 7.11 Å². The lowest BCUT2D eigenvalue weighted by molar-refractivity contribution is -0.118. The lowest BCUT2D eigenvalue weighted by atomic mass is 10.2. The molecule has 0 aromatic heterocycles. The molecule has 4 heteroatoms. The second kappa shape index (κ2) is 4.85. The second-order valence-electron chi connectivity index (χ2n) is 5.45. The zero-order chi connectivity index (χ0) is 13.4. The van der Waals surface area contributed by atoms with Crippen molar-refractivity contribution in [3.8, 4) is 5.75 Å². The number of ether oxygens (including phenoxy) is 1. The molecule has 3 rings (SSSR count). The number of nitrogens with one attached hydrogen (secondary N) is 1. The van der Waals surface area contributed by atoms with Crippen molar-refractivity contribution >= 4 is 11.6 Å². The first-order valence-corrected chi connectivity index (χ1v) is 6.91. The standard InChI is InChI=1S/C15H20N2O2/c1-10-3-6-14(19-2)13(9-10)17-8-7-12(15(17)18)16-11-4-5-11/h3,6,9,11-12,16H,4-5,7-8H2,1-2H3. The van der Waals surface area contributed by atoms with E-state index in [0.717, 1.165) is 30.0 Å². The van der Waals surface area contributed by atoms with E-state index in [0.29, 0.717) is 6.04 Å². The zero-order valence-corrected chi connectivity index (χ0v) is 11.5. The SMILES string of the molecule is COc1ccc(C)cc1N1CCC(NC2CC2)C1=O. The van der Waals surface area contributed by atoms with Crippen molar-refractivity contribution in [3.05, 3.63) is 23.8 Å². The maximum absolute atomic E-state index is 12.5. The first kappa shape index (κ1) is 12.5. The third-order valence-electron chi connectivity index (χ3n) is 3.84. The number of amides is 1. The van der Waals surface area contributed by atoms with Crippen molar-refractivity contribution in [1.29, 1.82) is 0 Å². The summed E-state index contributed by atoms with van der Waals surface area (Å²) < 4.78 is 5.38. The Morgan fingerprint density at radius 3 is 2.79 bits per heavy atom. The lowest BCUT2D eigenvalue weighted by Crippen LogP contribution is -2.39. The van der Waals surface area contributed by atoms with Gasteiger partial charge in [-0.3, -0.25) is 4.79 Å². The molecule has 1 unspecified atom stereocenters. The largest absolute Gasteiger partial charge is 0.495 e. The van der Waals surface area contributed by atoms with Gasteiger partial charge in [0.05, 0.1) is 18.8 Å². The summed E-state index contributed by atoms with van der Waals surface area (Å²) in [6.07, 6.45) is 3.29. The van der Waals surface area contributed by atoms with E-state index in [4.69, 9.17) is 4.74 Å². The Hall–Kier alpha value is -1.55. The monoisotopic (exact) mass is 260 g/mol. The Balaban J connectivity index is 1.82. The van der Waals surface area contributed by atoms with E-state index >= 15 is 0 Å². The molecule has 1 saturated heterocycles. The van der Waals surface area contributed by atoms with E-state index in [9.17, 15) is 4.79 Å². The van der Waals surface area contributed by atoms with Crippen molar-refractivity contribution in [3.63, 3.8) is 0 Å². The van der Waals surface area contributed by atoms with Gasteiger partial charge in [0, 0.05) is 12.6 Å². The molecule has 1 aromatic carbocycles. The zero-order valence-electron chi connectivity index (χ0n) is 11.5. The molecule has 19 heavy (non-hydrogen) atoms. The fraction of sp³-hybridized carbons (Fsp3) is 0.533. The molecule has 2 fully saturated rings. The molecule has 1 amide bonds. The molecule has 4 nitrogen and oxygen atoms in total. The van der Waals surface area contributed by atoms with Crippen LogP contribution in [0.25, 0.3) is 0 Å². The van der Waals surface area contributed by atoms with Crippen molar-refractivity contribution < 1.29 is 9.53 Å². The summed E-state index contributed by atoms with van der Waals surface area (Å²) in [6, 6.07) is 6.50. The van der Waals surface area contributed by atoms with Gasteiger partial charge >= 0.3 is 0 Å². The van der Waals surface area contributed by atoms with Crippen molar-refractivity contribution in [1.82, 2.24) is 5.32 Å². The highest BCUT2D eigenvalue weighted by molar-refractivity contribution is 6.00. The number of benzene rings is 1. The maximum atomic E-state index is 12.5. The van der Waals surface area contributed by atoms with Crippen LogP contribution in [0.1, 0.15) is 24.8 Å². The highest BCUT2D eigenvalue weighted by atomic mass is 16.5. The summed E-state index contributed by atoms with van der Waals surface area (Å²) in [7, 11) is 1.65. The third kappa shape index (κ3) is 2.45. The lowest BCUT2D eigenvalue weighted by Gasteiger charge is -2.20. The Labute approximate surface area is 113 Å². The van der Waals surface area contributed by atoms with Crippen LogP contribution in [0.4, 0.5) is 5.69 Å². The van der Waals surface area contributed by atoms with Gasteiger partial charge in [-0.1, -0.05) is 6.07 Å². The summed E-state index contributed by atoms with van der Waals surface area (Å²) in [5, 5.41) is 3.42. The van der Waals surface area contributed by atoms with Crippen LogP contribution in [0.2, 0.25) is 0 Å². The Morgan fingerprint density at radius 1 is 1.32 bits per heavy atom. The Bertz CT molecular complexity index is 497. The van der Waals surface area contributed by atoms with Gasteiger partial charge in [0.15, 0.2) is 0 Å². The van der Waals surface area contributed by atoms with Crippen LogP contribution >= 0.6 is 0 Å². The number of hydrogen-bond acceptors (Lipinski definition) is 3. The number of carbonyl (C=O) groups excluding carboxylic acids is 1. The second-order valence-corrected chi connectivity index (χ2v) is 5.45. The first-order valence-electron chi connectivity index (χ1n) is 6.91. The molecule has 1 aromatic rings. The number of nitrogens with zero attached hydrogens (tertiary/aromatic N) is 1. The fourth-order valence-corrected chi connectivity index (χ4v) is 2.62. The van der Waals surface area contributed by atoms with E-state index in [1.165, 1.54) is 12.8 Å². The molecule has 1 aliphatic carbocycles. The average molecular weight is 260 g/mol. The van der Waals surface area contributed by atoms with Gasteiger partial charge in [0.25, 0.3) is 0 Å². The summed E-state index contributed by atoms with van der Waals surface area (Å²) in [4.78, 5) is 14.3. The molecule has 2 aliphatic rings. The fourth-order valence-electron chi connectivity index (χ4n) is 2.62. The summed E-state index contributed by atoms with van der Waals surface area (Å²) in [5.74, 6) is 0.946. The van der Waals surface area contributed by atoms with E-state index in [-0.39, 0.29) is 11.9 Å². The summed E-state index contributed by atoms with van der Waals surface area (Å²) >= 11 is 0. The number of aryl methyl sites for hydroxylation is 1. The molecule has 1 N–H and O–H groups in total. The number of methoxy groups -OCH3 is 1. The van der Waals surface area contributed by atoms with E-state index in [2.05, 4.69) is 5.32 Å². The van der Waals surface area contributed by atoms with Crippen LogP contribution in [0.5, 0.6) is 5.75 Å². The average Bonchev–Trinajstić information content (AvgIpc) is 3.14. The third-order valence-corrected chi connectivity index (χ3v) is 3.84. The van der Waals surface area contributed by atoms with Gasteiger partial charge < -0.3 is 15.0 Å². The first-order chi connectivity index (χ1) is 9.19. The Morgan fingerprint density at radius 2 is 2.11 bits per heavy atom. The molecular formula is C15H20N2O2. The molecule has 1 heterocycles. The molecule has 102 valence electrons. The smallest absolute Gasteiger partial charge is 0.244 e. The predicted octanol–water partition coefficient (Wildman–Crippen LogP) is 1.86. The maximum Gasteiger partial charge on any atom is 0.244 e. The summed E-state index contributed by atoms with van der Waals surface area (Å²) in [5.41, 5.74) is 2.04. The van der Waals surface area contributed by atoms with Crippen molar-refractivity contribution in [2.24, 2.45) is 0 Å². The Kier molecular flexibility index (Phi) is 3.19. The van der Waals surface area contributed by atoms with Crippen LogP contribution in [0, 0.1) is 6.92 Å². The van der Waals surface area contributed by atoms with Gasteiger partial charge in [-0.05, 0) is 43.9 Å². The summed E-state index contributed by atoms with van der Waals surface area (Å²) in [6.45, 7) is 2.80. The van der Waals surface area contributed by atoms with E-state index < -0.39 is 0 Å². The quantitative estimate of drug-likeness (QED) is 0.898. The molecular weight excluding hydrogens is 240 g/mol. The van der Waals surface area contributed by atoms with Crippen LogP contribution in [0.3, 0.4) is 0 Å². The van der Waals surface area contributed by atoms with Crippen molar-refractivity contribution in [2.75, 3.05) is 18.6 Å². The molecule has 1 saturated carbocycles. The number of hydrogen-bond donors (Lipinski definition) is 1. The highest BCUT2D eigenvalue weighted by Gasteiger charge is 2.37. The minimum atomic E-state index is -0.0160. The van der Waals surface area contributed by atoms with Crippen LogP contribution in [-0.4, -0.2) is 31.6 Å². The minimum absolute atomic E-state index is 0.0160. The number of rotatable bonds is 4. The van der Waals surface area contributed by atoms with Crippen LogP contribution < -0.4 is 15.0 Å². The van der Waals surface area contributed by atoms with Crippen molar-refractivity contribution in [2.45, 2.75) is 38.3 Å². The van der Waals surface area contributed by atoms with E-state index in [1.807, 2.05) is 30.0 Å². The van der Waals surface area contributed by atoms with Crippen LogP contribution in [0.15, 0.2) is 18.2 Å². The number of carbonyl (C=O) groups is 1. The van der Waals surface area contributed by atoms with Gasteiger partial charge in [-0.2, -0.15) is 0 Å². The van der Waals surface area contributed by atoms with Gasteiger partial charge in [-0.25, -0.2) is 0 Å². The topological polar surface area (TPSA) is 41.6 Å². The highest BCUT2D eigenvalue weighted by Crippen LogP contribution is 2.33. The predicted molar refractivity (Wildman–Crippen MR) is 74.6 cm³/mol. The number of anilines is 1.